The fourth-order valence-corrected chi connectivity index (χ4v) is 7.72. The fraction of sp³-hybridized carbons (Fsp3) is 0.200. The Hall–Kier alpha value is -4.41. The summed E-state index contributed by atoms with van der Waals surface area (Å²) in [6.45, 7) is 17.6. The summed E-state index contributed by atoms with van der Waals surface area (Å²) in [5.74, 6) is 0. The Bertz CT molecular complexity index is 2450. The van der Waals surface area contributed by atoms with E-state index in [0.717, 1.165) is 44.5 Å². The Morgan fingerprint density at radius 1 is 0.700 bits per heavy atom. The third-order valence-corrected chi connectivity index (χ3v) is 10.5. The summed E-state index contributed by atoms with van der Waals surface area (Å²) >= 11 is 1.83. The molecule has 0 aliphatic carbocycles. The van der Waals surface area contributed by atoms with E-state index in [0.29, 0.717) is 0 Å². The molecule has 0 spiro atoms. The van der Waals surface area contributed by atoms with E-state index < -0.39 is 0 Å². The van der Waals surface area contributed by atoms with Crippen LogP contribution < -0.4 is 0 Å². The van der Waals surface area contributed by atoms with E-state index in [1.807, 2.05) is 60.9 Å². The van der Waals surface area contributed by atoms with Crippen molar-refractivity contribution in [3.63, 3.8) is 0 Å². The van der Waals surface area contributed by atoms with Crippen molar-refractivity contribution in [2.24, 2.45) is 0 Å². The summed E-state index contributed by atoms with van der Waals surface area (Å²) in [6, 6.07) is 35.8. The molecule has 0 saturated carbocycles. The number of rotatable bonds is 3. The number of thiophene rings is 1. The molecule has 5 heteroatoms. The zero-order valence-electron chi connectivity index (χ0n) is 29.8. The second kappa shape index (κ2) is 14.1. The first-order valence-electron chi connectivity index (χ1n) is 16.7. The van der Waals surface area contributed by atoms with E-state index >= 15 is 0 Å². The molecule has 0 fully saturated rings. The van der Waals surface area contributed by atoms with Crippen LogP contribution in [0.4, 0.5) is 0 Å². The third-order valence-electron chi connectivity index (χ3n) is 9.34. The molecule has 0 N–H and O–H groups in total. The van der Waals surface area contributed by atoms with Crippen molar-refractivity contribution >= 4 is 43.4 Å². The van der Waals surface area contributed by atoms with Crippen molar-refractivity contribution in [2.45, 2.75) is 60.8 Å². The van der Waals surface area contributed by atoms with E-state index in [4.69, 9.17) is 9.40 Å². The molecule has 0 atom stereocenters. The summed E-state index contributed by atoms with van der Waals surface area (Å²) in [6.07, 6.45) is 3.92. The second-order valence-electron chi connectivity index (χ2n) is 13.9. The van der Waals surface area contributed by atoms with Crippen molar-refractivity contribution in [1.82, 2.24) is 9.97 Å². The first-order valence-corrected chi connectivity index (χ1v) is 17.6. The number of fused-ring (bicyclic) bond motifs is 5. The number of benzene rings is 4. The quantitative estimate of drug-likeness (QED) is 0.166. The van der Waals surface area contributed by atoms with Gasteiger partial charge in [-0.15, -0.1) is 65.4 Å². The molecule has 50 heavy (non-hydrogen) atoms. The Kier molecular flexibility index (Phi) is 9.97. The van der Waals surface area contributed by atoms with Gasteiger partial charge in [0.15, 0.2) is 0 Å². The number of pyridine rings is 2. The van der Waals surface area contributed by atoms with Gasteiger partial charge in [-0.25, -0.2) is 0 Å². The van der Waals surface area contributed by atoms with Crippen LogP contribution >= 0.6 is 11.3 Å². The monoisotopic (exact) mass is 849 g/mol. The molecule has 8 aromatic rings. The van der Waals surface area contributed by atoms with Crippen LogP contribution in [0.15, 0.2) is 102 Å². The molecular weight excluding hydrogens is 809 g/mol. The molecule has 0 aliphatic heterocycles. The summed E-state index contributed by atoms with van der Waals surface area (Å²) in [4.78, 5) is 10.6. The smallest absolute Gasteiger partial charge is 0.129 e. The van der Waals surface area contributed by atoms with E-state index in [-0.39, 0.29) is 25.5 Å². The van der Waals surface area contributed by atoms with E-state index in [1.54, 1.807) is 0 Å². The Morgan fingerprint density at radius 2 is 1.44 bits per heavy atom. The molecule has 253 valence electrons. The Labute approximate surface area is 312 Å². The van der Waals surface area contributed by atoms with Crippen molar-refractivity contribution in [3.05, 3.63) is 142 Å². The van der Waals surface area contributed by atoms with Gasteiger partial charge in [0.05, 0.1) is 5.58 Å². The molecular formula is C45H40IrN2OS-2. The second-order valence-corrected chi connectivity index (χ2v) is 15.2. The van der Waals surface area contributed by atoms with Crippen LogP contribution in [0, 0.1) is 46.8 Å². The molecule has 4 heterocycles. The number of hydrogen-bond acceptors (Lipinski definition) is 4. The maximum Gasteiger partial charge on any atom is 0.129 e. The predicted octanol–water partition coefficient (Wildman–Crippen LogP) is 12.7. The average molecular weight is 849 g/mol. The normalized spacial score (nSPS) is 11.4. The number of aryl methyl sites for hydroxylation is 5. The largest absolute Gasteiger partial charge is 0.500 e. The summed E-state index contributed by atoms with van der Waals surface area (Å²) in [7, 11) is 0. The van der Waals surface area contributed by atoms with Crippen LogP contribution in [0.2, 0.25) is 0 Å². The van der Waals surface area contributed by atoms with Crippen molar-refractivity contribution < 1.29 is 24.5 Å². The van der Waals surface area contributed by atoms with Gasteiger partial charge in [-0.05, 0) is 96.4 Å². The molecule has 0 aliphatic rings. The Balaban J connectivity index is 0.000000260. The first-order chi connectivity index (χ1) is 23.5. The van der Waals surface area contributed by atoms with Crippen LogP contribution in [-0.4, -0.2) is 9.97 Å². The number of hydrogen-bond donors (Lipinski definition) is 0. The summed E-state index contributed by atoms with van der Waals surface area (Å²) in [5.41, 5.74) is 14.4. The van der Waals surface area contributed by atoms with Gasteiger partial charge in [0.2, 0.25) is 0 Å². The van der Waals surface area contributed by atoms with Crippen LogP contribution in [0.5, 0.6) is 0 Å². The van der Waals surface area contributed by atoms with E-state index in [9.17, 15) is 0 Å². The minimum Gasteiger partial charge on any atom is -0.500 e. The minimum atomic E-state index is -0.0371. The van der Waals surface area contributed by atoms with Crippen LogP contribution in [0.25, 0.3) is 65.7 Å². The molecule has 0 amide bonds. The first kappa shape index (κ1) is 35.4. The van der Waals surface area contributed by atoms with Gasteiger partial charge < -0.3 is 14.4 Å². The van der Waals surface area contributed by atoms with Crippen molar-refractivity contribution in [3.8, 4) is 33.6 Å². The minimum absolute atomic E-state index is 0. The third kappa shape index (κ3) is 6.58. The zero-order valence-corrected chi connectivity index (χ0v) is 33.0. The zero-order chi connectivity index (χ0) is 34.4. The van der Waals surface area contributed by atoms with Crippen molar-refractivity contribution in [2.75, 3.05) is 0 Å². The number of furan rings is 1. The average Bonchev–Trinajstić information content (AvgIpc) is 3.61. The summed E-state index contributed by atoms with van der Waals surface area (Å²) in [5, 5.41) is 3.48. The van der Waals surface area contributed by atoms with Gasteiger partial charge in [0.1, 0.15) is 5.58 Å². The van der Waals surface area contributed by atoms with Gasteiger partial charge >= 0.3 is 0 Å². The van der Waals surface area contributed by atoms with Crippen LogP contribution in [-0.2, 0) is 25.5 Å². The van der Waals surface area contributed by atoms with Crippen LogP contribution in [0.3, 0.4) is 0 Å². The predicted molar refractivity (Wildman–Crippen MR) is 207 cm³/mol. The standard InChI is InChI=1S/C33H30NOS.C12H10N.Ir/c1-18-10-8-11-19(2)29(18)25-16-27(34-17-26(25)33(5,6)7)24-13-9-12-22-23-14-15-28-30(20(3)21(4)36-28)32(23)35-31(22)24;1-10-7-8-12(13-9-10)11-5-3-2-4-6-11;/h8-12,14-17H,1-7H3;2-5,7-9H,1H3;/q2*-1;. The summed E-state index contributed by atoms with van der Waals surface area (Å²) < 4.78 is 7.94. The Morgan fingerprint density at radius 3 is 2.12 bits per heavy atom. The van der Waals surface area contributed by atoms with E-state index in [2.05, 4.69) is 120 Å². The molecule has 1 radical (unpaired) electrons. The molecule has 0 saturated heterocycles. The number of aromatic nitrogens is 2. The van der Waals surface area contributed by atoms with E-state index in [1.165, 1.54) is 53.9 Å². The molecule has 0 bridgehead atoms. The van der Waals surface area contributed by atoms with Gasteiger partial charge in [-0.2, -0.15) is 0 Å². The molecule has 4 aromatic heterocycles. The SMILES string of the molecule is Cc1ccc(-c2[c-]cccc2)nc1.Cc1cccc(C)c1-c1cc(-c2[c-]ccc3c2oc2c3ccc3sc(C)c(C)c32)ncc1C(C)(C)C.[Ir]. The van der Waals surface area contributed by atoms with Gasteiger partial charge in [0.25, 0.3) is 0 Å². The topological polar surface area (TPSA) is 38.9 Å². The molecule has 8 rings (SSSR count). The van der Waals surface area contributed by atoms with Gasteiger partial charge in [0, 0.05) is 52.8 Å². The maximum atomic E-state index is 6.67. The molecule has 3 nitrogen and oxygen atoms in total. The fourth-order valence-electron chi connectivity index (χ4n) is 6.65. The maximum absolute atomic E-state index is 6.67. The van der Waals surface area contributed by atoms with Gasteiger partial charge in [-0.1, -0.05) is 74.2 Å². The molecule has 0 unspecified atom stereocenters. The van der Waals surface area contributed by atoms with Gasteiger partial charge in [-0.3, -0.25) is 0 Å². The van der Waals surface area contributed by atoms with Crippen LogP contribution in [0.1, 0.15) is 53.5 Å². The number of nitrogens with zero attached hydrogens (tertiary/aromatic N) is 2. The van der Waals surface area contributed by atoms with Crippen molar-refractivity contribution in [1.29, 1.82) is 0 Å². The molecule has 4 aromatic carbocycles.